The highest BCUT2D eigenvalue weighted by atomic mass is 19.4. The van der Waals surface area contributed by atoms with E-state index < -0.39 is 17.6 Å². The summed E-state index contributed by atoms with van der Waals surface area (Å²) in [5.74, 6) is -1.10. The smallest absolute Gasteiger partial charge is 0.416 e. The van der Waals surface area contributed by atoms with Gasteiger partial charge in [-0.3, -0.25) is 4.79 Å². The zero-order chi connectivity index (χ0) is 15.6. The Kier molecular flexibility index (Phi) is 3.70. The molecule has 0 unspecified atom stereocenters. The van der Waals surface area contributed by atoms with Crippen molar-refractivity contribution in [2.75, 3.05) is 5.73 Å². The van der Waals surface area contributed by atoms with Gasteiger partial charge in [0.2, 0.25) is 5.88 Å². The number of pyridine rings is 1. The standard InChI is InChI=1S/C13H10F3N3O2/c14-13(15,16)7-2-1-3-8(6-7)21-12-9(17)4-5-10(19-12)11(18)20/h1-6H,17H2,(H2,18,20). The lowest BCUT2D eigenvalue weighted by molar-refractivity contribution is -0.137. The molecule has 0 saturated carbocycles. The summed E-state index contributed by atoms with van der Waals surface area (Å²) >= 11 is 0. The third kappa shape index (κ3) is 3.41. The topological polar surface area (TPSA) is 91.2 Å². The van der Waals surface area contributed by atoms with E-state index in [9.17, 15) is 18.0 Å². The second-order valence-electron chi connectivity index (χ2n) is 4.08. The van der Waals surface area contributed by atoms with Crippen LogP contribution in [0.25, 0.3) is 0 Å². The van der Waals surface area contributed by atoms with Gasteiger partial charge in [-0.1, -0.05) is 6.07 Å². The number of carbonyl (C=O) groups excluding carboxylic acids is 1. The molecule has 0 spiro atoms. The van der Waals surface area contributed by atoms with Crippen LogP contribution in [0.2, 0.25) is 0 Å². The Morgan fingerprint density at radius 3 is 2.52 bits per heavy atom. The number of benzene rings is 1. The van der Waals surface area contributed by atoms with Crippen LogP contribution < -0.4 is 16.2 Å². The van der Waals surface area contributed by atoms with Gasteiger partial charge in [0.1, 0.15) is 11.4 Å². The SMILES string of the molecule is NC(=O)c1ccc(N)c(Oc2cccc(C(F)(F)F)c2)n1. The summed E-state index contributed by atoms with van der Waals surface area (Å²) in [6.45, 7) is 0. The fourth-order valence-corrected chi connectivity index (χ4v) is 1.52. The van der Waals surface area contributed by atoms with Crippen LogP contribution in [0.5, 0.6) is 11.6 Å². The maximum Gasteiger partial charge on any atom is 0.416 e. The molecule has 0 saturated heterocycles. The fourth-order valence-electron chi connectivity index (χ4n) is 1.52. The predicted molar refractivity (Wildman–Crippen MR) is 68.7 cm³/mol. The molecule has 5 nitrogen and oxygen atoms in total. The molecule has 0 fully saturated rings. The summed E-state index contributed by atoms with van der Waals surface area (Å²) in [6, 6.07) is 6.83. The van der Waals surface area contributed by atoms with E-state index in [2.05, 4.69) is 4.98 Å². The lowest BCUT2D eigenvalue weighted by atomic mass is 10.2. The second-order valence-corrected chi connectivity index (χ2v) is 4.08. The third-order valence-electron chi connectivity index (χ3n) is 2.52. The Morgan fingerprint density at radius 2 is 1.90 bits per heavy atom. The van der Waals surface area contributed by atoms with Crippen molar-refractivity contribution < 1.29 is 22.7 Å². The minimum atomic E-state index is -4.49. The highest BCUT2D eigenvalue weighted by molar-refractivity contribution is 5.91. The molecular weight excluding hydrogens is 287 g/mol. The van der Waals surface area contributed by atoms with Gasteiger partial charge in [0, 0.05) is 0 Å². The van der Waals surface area contributed by atoms with Crippen molar-refractivity contribution in [1.82, 2.24) is 4.98 Å². The molecule has 2 aromatic rings. The molecule has 0 aliphatic carbocycles. The summed E-state index contributed by atoms with van der Waals surface area (Å²) < 4.78 is 43.0. The van der Waals surface area contributed by atoms with Crippen molar-refractivity contribution in [3.63, 3.8) is 0 Å². The molecule has 21 heavy (non-hydrogen) atoms. The number of carbonyl (C=O) groups is 1. The number of nitrogens with two attached hydrogens (primary N) is 2. The van der Waals surface area contributed by atoms with Crippen LogP contribution in [0.4, 0.5) is 18.9 Å². The van der Waals surface area contributed by atoms with E-state index >= 15 is 0 Å². The van der Waals surface area contributed by atoms with Crippen LogP contribution in [-0.4, -0.2) is 10.9 Å². The van der Waals surface area contributed by atoms with E-state index in [0.29, 0.717) is 0 Å². The molecule has 110 valence electrons. The second kappa shape index (κ2) is 5.31. The molecule has 0 atom stereocenters. The van der Waals surface area contributed by atoms with E-state index in [1.54, 1.807) is 0 Å². The lowest BCUT2D eigenvalue weighted by Gasteiger charge is -2.11. The van der Waals surface area contributed by atoms with Crippen LogP contribution in [0.3, 0.4) is 0 Å². The minimum absolute atomic E-state index is 0.0670. The van der Waals surface area contributed by atoms with Gasteiger partial charge < -0.3 is 16.2 Å². The average Bonchev–Trinajstić information content (AvgIpc) is 2.40. The first-order chi connectivity index (χ1) is 9.77. The van der Waals surface area contributed by atoms with Gasteiger partial charge in [-0.2, -0.15) is 13.2 Å². The van der Waals surface area contributed by atoms with Gasteiger partial charge in [0.25, 0.3) is 5.91 Å². The molecule has 0 radical (unpaired) electrons. The Bertz CT molecular complexity index is 687. The number of rotatable bonds is 3. The predicted octanol–water partition coefficient (Wildman–Crippen LogP) is 2.57. The van der Waals surface area contributed by atoms with Crippen molar-refractivity contribution in [3.8, 4) is 11.6 Å². The summed E-state index contributed by atoms with van der Waals surface area (Å²) in [4.78, 5) is 14.8. The van der Waals surface area contributed by atoms with Crippen LogP contribution >= 0.6 is 0 Å². The molecule has 1 heterocycles. The number of amides is 1. The number of ether oxygens (including phenoxy) is 1. The lowest BCUT2D eigenvalue weighted by Crippen LogP contribution is -2.13. The fraction of sp³-hybridized carbons (Fsp3) is 0.0769. The van der Waals surface area contributed by atoms with Crippen LogP contribution in [0.1, 0.15) is 16.1 Å². The largest absolute Gasteiger partial charge is 0.437 e. The molecule has 1 amide bonds. The average molecular weight is 297 g/mol. The van der Waals surface area contributed by atoms with E-state index in [4.69, 9.17) is 16.2 Å². The number of aromatic nitrogens is 1. The van der Waals surface area contributed by atoms with Crippen LogP contribution in [0.15, 0.2) is 36.4 Å². The van der Waals surface area contributed by atoms with Crippen molar-refractivity contribution >= 4 is 11.6 Å². The number of hydrogen-bond donors (Lipinski definition) is 2. The Hall–Kier alpha value is -2.77. The van der Waals surface area contributed by atoms with Crippen molar-refractivity contribution in [3.05, 3.63) is 47.7 Å². The summed E-state index contributed by atoms with van der Waals surface area (Å²) in [7, 11) is 0. The number of halogens is 3. The number of nitrogens with zero attached hydrogens (tertiary/aromatic N) is 1. The summed E-state index contributed by atoms with van der Waals surface area (Å²) in [5, 5.41) is 0. The first-order valence-electron chi connectivity index (χ1n) is 5.69. The first kappa shape index (κ1) is 14.6. The number of nitrogen functional groups attached to an aromatic ring is 1. The molecule has 8 heteroatoms. The number of hydrogen-bond acceptors (Lipinski definition) is 4. The number of alkyl halides is 3. The normalized spacial score (nSPS) is 11.2. The first-order valence-corrected chi connectivity index (χ1v) is 5.69. The van der Waals surface area contributed by atoms with Gasteiger partial charge in [-0.05, 0) is 30.3 Å². The van der Waals surface area contributed by atoms with Gasteiger partial charge in [0.15, 0.2) is 0 Å². The van der Waals surface area contributed by atoms with E-state index in [1.807, 2.05) is 0 Å². The Morgan fingerprint density at radius 1 is 1.19 bits per heavy atom. The van der Waals surface area contributed by atoms with Gasteiger partial charge in [-0.15, -0.1) is 0 Å². The Balaban J connectivity index is 2.34. The maximum absolute atomic E-state index is 12.6. The Labute approximate surface area is 117 Å². The highest BCUT2D eigenvalue weighted by Gasteiger charge is 2.30. The summed E-state index contributed by atoms with van der Waals surface area (Å²) in [6.07, 6.45) is -4.49. The van der Waals surface area contributed by atoms with E-state index in [0.717, 1.165) is 12.1 Å². The van der Waals surface area contributed by atoms with Crippen molar-refractivity contribution in [2.45, 2.75) is 6.18 Å². The van der Waals surface area contributed by atoms with E-state index in [-0.39, 0.29) is 23.0 Å². The quantitative estimate of drug-likeness (QED) is 0.910. The van der Waals surface area contributed by atoms with Gasteiger partial charge >= 0.3 is 6.18 Å². The molecule has 1 aromatic heterocycles. The van der Waals surface area contributed by atoms with Crippen LogP contribution in [0, 0.1) is 0 Å². The third-order valence-corrected chi connectivity index (χ3v) is 2.52. The molecule has 4 N–H and O–H groups in total. The maximum atomic E-state index is 12.6. The zero-order valence-electron chi connectivity index (χ0n) is 10.5. The van der Waals surface area contributed by atoms with E-state index in [1.165, 1.54) is 24.3 Å². The monoisotopic (exact) mass is 297 g/mol. The molecule has 1 aromatic carbocycles. The molecule has 2 rings (SSSR count). The van der Waals surface area contributed by atoms with Crippen molar-refractivity contribution in [1.29, 1.82) is 0 Å². The number of primary amides is 1. The van der Waals surface area contributed by atoms with Gasteiger partial charge in [0.05, 0.1) is 11.3 Å². The minimum Gasteiger partial charge on any atom is -0.437 e. The zero-order valence-corrected chi connectivity index (χ0v) is 10.5. The molecule has 0 bridgehead atoms. The molecular formula is C13H10F3N3O2. The van der Waals surface area contributed by atoms with Gasteiger partial charge in [-0.25, -0.2) is 4.98 Å². The van der Waals surface area contributed by atoms with Crippen LogP contribution in [-0.2, 0) is 6.18 Å². The van der Waals surface area contributed by atoms with Crippen molar-refractivity contribution in [2.24, 2.45) is 5.73 Å². The molecule has 0 aliphatic rings. The highest BCUT2D eigenvalue weighted by Crippen LogP contribution is 2.33. The number of anilines is 1. The summed E-state index contributed by atoms with van der Waals surface area (Å²) in [5.41, 5.74) is 9.75. The molecule has 0 aliphatic heterocycles.